The number of allylic oxidation sites excluding steroid dienone is 1. The van der Waals surface area contributed by atoms with Gasteiger partial charge in [-0.25, -0.2) is 13.4 Å². The molecule has 0 bridgehead atoms. The van der Waals surface area contributed by atoms with Crippen molar-refractivity contribution in [2.75, 3.05) is 69.8 Å². The number of dihydropyridines is 1. The number of carbonyl (C=O) groups is 1. The monoisotopic (exact) mass is 709 g/mol. The molecular formula is C35H47N7O5S2. The van der Waals surface area contributed by atoms with Crippen LogP contribution < -0.4 is 20.5 Å². The molecule has 0 unspecified atom stereocenters. The molecule has 2 aromatic rings. The Morgan fingerprint density at radius 3 is 2.43 bits per heavy atom. The van der Waals surface area contributed by atoms with Crippen LogP contribution in [0.15, 0.2) is 80.9 Å². The molecule has 1 fully saturated rings. The normalized spacial score (nSPS) is 17.5. The van der Waals surface area contributed by atoms with E-state index in [4.69, 9.17) is 20.2 Å². The van der Waals surface area contributed by atoms with Crippen LogP contribution in [0.4, 0.5) is 11.4 Å². The van der Waals surface area contributed by atoms with Crippen molar-refractivity contribution in [3.05, 3.63) is 82.7 Å². The number of nitrogens with zero attached hydrogens (tertiary/aromatic N) is 4. The first-order chi connectivity index (χ1) is 23.1. The number of amides is 1. The summed E-state index contributed by atoms with van der Waals surface area (Å²) >= 11 is 1.30. The number of benzene rings is 2. The molecule has 1 amide bonds. The summed E-state index contributed by atoms with van der Waals surface area (Å²) in [5.41, 5.74) is 10.2. The molecule has 12 nitrogen and oxygen atoms in total. The highest BCUT2D eigenvalue weighted by Gasteiger charge is 2.25. The first kappa shape index (κ1) is 37.7. The number of thioether (sulfide) groups is 1. The highest BCUT2D eigenvalue weighted by Crippen LogP contribution is 2.39. The number of nitrogens with two attached hydrogens (primary N) is 1. The van der Waals surface area contributed by atoms with Crippen molar-refractivity contribution in [3.63, 3.8) is 0 Å². The summed E-state index contributed by atoms with van der Waals surface area (Å²) in [6, 6.07) is 8.86. The van der Waals surface area contributed by atoms with Gasteiger partial charge in [-0.2, -0.15) is 0 Å². The van der Waals surface area contributed by atoms with Crippen molar-refractivity contribution >= 4 is 50.6 Å². The molecule has 0 spiro atoms. The average molecular weight is 710 g/mol. The number of nitrogens with one attached hydrogen (secondary N) is 2. The van der Waals surface area contributed by atoms with Crippen LogP contribution in [0.25, 0.3) is 0 Å². The number of aliphatic imine (C=N–C) groups is 2. The third-order valence-electron chi connectivity index (χ3n) is 8.00. The third-order valence-corrected chi connectivity index (χ3v) is 9.67. The van der Waals surface area contributed by atoms with Crippen molar-refractivity contribution in [2.24, 2.45) is 15.7 Å². The lowest BCUT2D eigenvalue weighted by Crippen LogP contribution is -2.49. The molecule has 0 saturated carbocycles. The van der Waals surface area contributed by atoms with E-state index in [-0.39, 0.29) is 16.9 Å². The molecule has 49 heavy (non-hydrogen) atoms. The standard InChI is InChI=1S/C35H47N7O5S2/c1-9-37-26-12-13-30(42-16-14-41(15-17-42)18-19-46-6)39-31(26)33(36)48-29-20-24(11-10-23(29)2)34(43)38-27-21-25(35(3,4)5)22-28(32(27)47-7)40-49(8,44)45/h9-13,20-22,40H,1,14-19,36H2,2-8H3,(H,38,43)/b33-31-,37-26-. The molecule has 14 heteroatoms. The van der Waals surface area contributed by atoms with Crippen molar-refractivity contribution in [2.45, 2.75) is 38.0 Å². The predicted octanol–water partition coefficient (Wildman–Crippen LogP) is 4.96. The molecule has 1 saturated heterocycles. The van der Waals surface area contributed by atoms with Gasteiger partial charge in [0.2, 0.25) is 10.0 Å². The molecule has 0 radical (unpaired) electrons. The SMILES string of the molecule is C=C/N=C1/C=CC(N2CCN(CCOC)CC2)=N/C1=C(/N)Sc1cc(C(=O)Nc2cc(C(C)(C)C)cc(NS(C)(=O)=O)c2OC)ccc1C. The number of sulfonamides is 1. The minimum absolute atomic E-state index is 0.201. The van der Waals surface area contributed by atoms with Crippen LogP contribution in [0.3, 0.4) is 0 Å². The quantitative estimate of drug-likeness (QED) is 0.275. The summed E-state index contributed by atoms with van der Waals surface area (Å²) in [7, 11) is -0.484. The first-order valence-electron chi connectivity index (χ1n) is 15.9. The first-order valence-corrected chi connectivity index (χ1v) is 18.6. The van der Waals surface area contributed by atoms with Crippen LogP contribution in [0.2, 0.25) is 0 Å². The molecule has 4 N–H and O–H groups in total. The molecule has 2 aliphatic rings. The molecule has 0 aliphatic carbocycles. The number of piperazine rings is 1. The second-order valence-corrected chi connectivity index (χ2v) is 15.6. The van der Waals surface area contributed by atoms with Gasteiger partial charge < -0.3 is 25.4 Å². The van der Waals surface area contributed by atoms with Gasteiger partial charge in [0.25, 0.3) is 5.91 Å². The maximum absolute atomic E-state index is 13.7. The van der Waals surface area contributed by atoms with Gasteiger partial charge in [-0.1, -0.05) is 45.2 Å². The molecular weight excluding hydrogens is 663 g/mol. The third kappa shape index (κ3) is 9.97. The van der Waals surface area contributed by atoms with E-state index in [0.29, 0.717) is 34.3 Å². The van der Waals surface area contributed by atoms with Gasteiger partial charge >= 0.3 is 0 Å². The van der Waals surface area contributed by atoms with Gasteiger partial charge in [0.1, 0.15) is 11.5 Å². The van der Waals surface area contributed by atoms with Crippen LogP contribution in [0, 0.1) is 6.92 Å². The van der Waals surface area contributed by atoms with Crippen molar-refractivity contribution in [3.8, 4) is 5.75 Å². The Bertz CT molecular complexity index is 1800. The fraction of sp³-hybridized carbons (Fsp3) is 0.400. The lowest BCUT2D eigenvalue weighted by Gasteiger charge is -2.36. The van der Waals surface area contributed by atoms with Crippen molar-refractivity contribution in [1.82, 2.24) is 9.80 Å². The zero-order valence-electron chi connectivity index (χ0n) is 29.3. The fourth-order valence-corrected chi connectivity index (χ4v) is 6.73. The fourth-order valence-electron chi connectivity index (χ4n) is 5.29. The van der Waals surface area contributed by atoms with E-state index in [1.165, 1.54) is 25.1 Å². The summed E-state index contributed by atoms with van der Waals surface area (Å²) < 4.78 is 37.6. The predicted molar refractivity (Wildman–Crippen MR) is 200 cm³/mol. The van der Waals surface area contributed by atoms with Gasteiger partial charge in [-0.3, -0.25) is 19.4 Å². The number of anilines is 2. The largest absolute Gasteiger partial charge is 0.492 e. The van der Waals surface area contributed by atoms with Gasteiger partial charge in [-0.05, 0) is 59.9 Å². The van der Waals surface area contributed by atoms with E-state index in [2.05, 4.69) is 31.4 Å². The Morgan fingerprint density at radius 2 is 1.82 bits per heavy atom. The summed E-state index contributed by atoms with van der Waals surface area (Å²) in [6.07, 6.45) is 6.37. The molecule has 2 heterocycles. The Kier molecular flexibility index (Phi) is 12.4. The van der Waals surface area contributed by atoms with Gasteiger partial charge in [0.15, 0.2) is 5.75 Å². The van der Waals surface area contributed by atoms with Crippen LogP contribution in [-0.4, -0.2) is 95.5 Å². The summed E-state index contributed by atoms with van der Waals surface area (Å²) in [4.78, 5) is 28.4. The zero-order chi connectivity index (χ0) is 35.9. The Morgan fingerprint density at radius 1 is 1.12 bits per heavy atom. The lowest BCUT2D eigenvalue weighted by molar-refractivity contribution is 0.102. The van der Waals surface area contributed by atoms with E-state index in [0.717, 1.165) is 60.8 Å². The van der Waals surface area contributed by atoms with Crippen LogP contribution in [0.1, 0.15) is 42.3 Å². The van der Waals surface area contributed by atoms with E-state index in [1.54, 1.807) is 31.4 Å². The highest BCUT2D eigenvalue weighted by atomic mass is 32.2. The minimum Gasteiger partial charge on any atom is -0.492 e. The number of hydrogen-bond acceptors (Lipinski definition) is 11. The van der Waals surface area contributed by atoms with Gasteiger partial charge in [0.05, 0.1) is 42.1 Å². The number of amidine groups is 1. The average Bonchev–Trinajstić information content (AvgIpc) is 3.04. The number of methoxy groups -OCH3 is 2. The summed E-state index contributed by atoms with van der Waals surface area (Å²) in [6.45, 7) is 16.8. The Balaban J connectivity index is 1.62. The molecule has 2 aliphatic heterocycles. The topological polar surface area (TPSA) is 151 Å². The van der Waals surface area contributed by atoms with Crippen molar-refractivity contribution in [1.29, 1.82) is 0 Å². The number of hydrogen-bond donors (Lipinski definition) is 3. The van der Waals surface area contributed by atoms with Crippen molar-refractivity contribution < 1.29 is 22.7 Å². The maximum atomic E-state index is 13.7. The van der Waals surface area contributed by atoms with Crippen LogP contribution in [0.5, 0.6) is 5.75 Å². The molecule has 2 aromatic carbocycles. The van der Waals surface area contributed by atoms with Gasteiger partial charge in [-0.15, -0.1) is 0 Å². The van der Waals surface area contributed by atoms with E-state index in [9.17, 15) is 13.2 Å². The minimum atomic E-state index is -3.62. The Hall–Kier alpha value is -4.11. The molecule has 264 valence electrons. The number of ether oxygens (including phenoxy) is 2. The van der Waals surface area contributed by atoms with Crippen LogP contribution >= 0.6 is 11.8 Å². The zero-order valence-corrected chi connectivity index (χ0v) is 30.9. The van der Waals surface area contributed by atoms with E-state index >= 15 is 0 Å². The number of carbonyl (C=O) groups excluding carboxylic acids is 1. The number of aryl methyl sites for hydroxylation is 1. The summed E-state index contributed by atoms with van der Waals surface area (Å²) in [5.74, 6) is 0.614. The smallest absolute Gasteiger partial charge is 0.255 e. The lowest BCUT2D eigenvalue weighted by atomic mass is 9.86. The van der Waals surface area contributed by atoms with E-state index in [1.807, 2.05) is 45.9 Å². The van der Waals surface area contributed by atoms with Gasteiger partial charge in [0, 0.05) is 56.5 Å². The number of rotatable bonds is 11. The Labute approximate surface area is 294 Å². The highest BCUT2D eigenvalue weighted by molar-refractivity contribution is 8.03. The maximum Gasteiger partial charge on any atom is 0.255 e. The summed E-state index contributed by atoms with van der Waals surface area (Å²) in [5, 5.41) is 3.36. The van der Waals surface area contributed by atoms with Crippen LogP contribution in [-0.2, 0) is 20.2 Å². The van der Waals surface area contributed by atoms with E-state index < -0.39 is 15.9 Å². The molecule has 0 atom stereocenters. The molecule has 4 rings (SSSR count). The second kappa shape index (κ2) is 16.1. The second-order valence-electron chi connectivity index (χ2n) is 12.8. The molecule has 0 aromatic heterocycles.